The molecule has 1 aromatic rings. The Morgan fingerprint density at radius 1 is 1.56 bits per heavy atom. The van der Waals surface area contributed by atoms with Crippen LogP contribution in [-0.4, -0.2) is 17.5 Å². The maximum Gasteiger partial charge on any atom is 0.137 e. The van der Waals surface area contributed by atoms with Crippen LogP contribution < -0.4 is 11.3 Å². The first kappa shape index (κ1) is 14.0. The van der Waals surface area contributed by atoms with Crippen LogP contribution in [0.4, 0.5) is 4.39 Å². The van der Waals surface area contributed by atoms with Gasteiger partial charge in [0.15, 0.2) is 0 Å². The molecule has 0 aliphatic heterocycles. The third-order valence-electron chi connectivity index (χ3n) is 2.22. The fourth-order valence-corrected chi connectivity index (χ4v) is 2.54. The number of hydrazine groups is 1. The smallest absolute Gasteiger partial charge is 0.137 e. The van der Waals surface area contributed by atoms with Gasteiger partial charge in [0.05, 0.1) is 4.47 Å². The molecule has 0 heterocycles. The van der Waals surface area contributed by atoms with Crippen LogP contribution in [0.25, 0.3) is 0 Å². The fraction of sp³-hybridized carbons (Fsp3) is 0.455. The van der Waals surface area contributed by atoms with E-state index in [1.807, 2.05) is 11.8 Å². The number of halogens is 2. The topological polar surface area (TPSA) is 38.0 Å². The largest absolute Gasteiger partial charge is 0.271 e. The van der Waals surface area contributed by atoms with Gasteiger partial charge in [0.25, 0.3) is 0 Å². The van der Waals surface area contributed by atoms with E-state index in [9.17, 15) is 4.39 Å². The van der Waals surface area contributed by atoms with Gasteiger partial charge >= 0.3 is 0 Å². The Morgan fingerprint density at radius 3 is 2.88 bits per heavy atom. The van der Waals surface area contributed by atoms with Gasteiger partial charge in [-0.2, -0.15) is 11.8 Å². The highest BCUT2D eigenvalue weighted by Gasteiger charge is 2.08. The van der Waals surface area contributed by atoms with Gasteiger partial charge in [0.2, 0.25) is 0 Å². The number of hydrogen-bond acceptors (Lipinski definition) is 3. The SMILES string of the molecule is CCSCC(Cc1ccc(F)c(Br)c1)NN. The minimum Gasteiger partial charge on any atom is -0.271 e. The van der Waals surface area contributed by atoms with Crippen LogP contribution >= 0.6 is 27.7 Å². The minimum absolute atomic E-state index is 0.224. The van der Waals surface area contributed by atoms with Gasteiger partial charge in [-0.15, -0.1) is 0 Å². The van der Waals surface area contributed by atoms with Crippen LogP contribution in [0.2, 0.25) is 0 Å². The summed E-state index contributed by atoms with van der Waals surface area (Å²) in [6.07, 6.45) is 0.808. The van der Waals surface area contributed by atoms with E-state index >= 15 is 0 Å². The van der Waals surface area contributed by atoms with Crippen LogP contribution in [0.5, 0.6) is 0 Å². The normalized spacial score (nSPS) is 12.8. The minimum atomic E-state index is -0.232. The van der Waals surface area contributed by atoms with Gasteiger partial charge in [-0.3, -0.25) is 11.3 Å². The molecule has 0 aromatic heterocycles. The summed E-state index contributed by atoms with van der Waals surface area (Å²) in [5, 5.41) is 0. The molecule has 0 fully saturated rings. The molecule has 0 spiro atoms. The van der Waals surface area contributed by atoms with Crippen LogP contribution in [0, 0.1) is 5.82 Å². The van der Waals surface area contributed by atoms with Crippen molar-refractivity contribution >= 4 is 27.7 Å². The molecule has 2 nitrogen and oxygen atoms in total. The summed E-state index contributed by atoms with van der Waals surface area (Å²) in [5.41, 5.74) is 3.87. The van der Waals surface area contributed by atoms with Crippen molar-refractivity contribution in [2.75, 3.05) is 11.5 Å². The average Bonchev–Trinajstić information content (AvgIpc) is 2.29. The monoisotopic (exact) mass is 306 g/mol. The second kappa shape index (κ2) is 7.27. The second-order valence-electron chi connectivity index (χ2n) is 3.48. The van der Waals surface area contributed by atoms with Crippen LogP contribution in [-0.2, 0) is 6.42 Å². The molecule has 1 unspecified atom stereocenters. The lowest BCUT2D eigenvalue weighted by molar-refractivity contribution is 0.573. The van der Waals surface area contributed by atoms with Gasteiger partial charge in [-0.05, 0) is 45.8 Å². The number of hydrogen-bond donors (Lipinski definition) is 2. The lowest BCUT2D eigenvalue weighted by Gasteiger charge is -2.15. The zero-order valence-electron chi connectivity index (χ0n) is 9.17. The van der Waals surface area contributed by atoms with Crippen molar-refractivity contribution in [3.05, 3.63) is 34.1 Å². The number of nitrogens with one attached hydrogen (secondary N) is 1. The van der Waals surface area contributed by atoms with E-state index < -0.39 is 0 Å². The first-order valence-electron chi connectivity index (χ1n) is 5.15. The van der Waals surface area contributed by atoms with Crippen molar-refractivity contribution in [3.8, 4) is 0 Å². The van der Waals surface area contributed by atoms with Crippen molar-refractivity contribution in [3.63, 3.8) is 0 Å². The molecule has 0 bridgehead atoms. The molecule has 0 saturated carbocycles. The highest BCUT2D eigenvalue weighted by Crippen LogP contribution is 2.18. The Morgan fingerprint density at radius 2 is 2.31 bits per heavy atom. The van der Waals surface area contributed by atoms with Gasteiger partial charge in [-0.1, -0.05) is 13.0 Å². The molecule has 0 radical (unpaired) electrons. The lowest BCUT2D eigenvalue weighted by atomic mass is 10.1. The summed E-state index contributed by atoms with van der Waals surface area (Å²) in [4.78, 5) is 0. The predicted molar refractivity (Wildman–Crippen MR) is 71.9 cm³/mol. The molecule has 1 aromatic carbocycles. The Hall–Kier alpha value is -0.100. The van der Waals surface area contributed by atoms with Crippen molar-refractivity contribution in [2.45, 2.75) is 19.4 Å². The summed E-state index contributed by atoms with van der Waals surface area (Å²) in [6.45, 7) is 2.12. The van der Waals surface area contributed by atoms with E-state index in [1.54, 1.807) is 12.1 Å². The van der Waals surface area contributed by atoms with Gasteiger partial charge in [-0.25, -0.2) is 4.39 Å². The lowest BCUT2D eigenvalue weighted by Crippen LogP contribution is -2.38. The van der Waals surface area contributed by atoms with Crippen molar-refractivity contribution in [2.24, 2.45) is 5.84 Å². The molecule has 90 valence electrons. The van der Waals surface area contributed by atoms with Gasteiger partial charge < -0.3 is 0 Å². The molecule has 0 aliphatic carbocycles. The molecular formula is C11H16BrFN2S. The number of rotatable bonds is 6. The zero-order valence-corrected chi connectivity index (χ0v) is 11.6. The molecule has 5 heteroatoms. The van der Waals surface area contributed by atoms with E-state index in [2.05, 4.69) is 28.3 Å². The molecular weight excluding hydrogens is 291 g/mol. The summed E-state index contributed by atoms with van der Waals surface area (Å²) >= 11 is 5.02. The second-order valence-corrected chi connectivity index (χ2v) is 5.65. The standard InChI is InChI=1S/C11H16BrFN2S/c1-2-16-7-9(15-14)5-8-3-4-11(13)10(12)6-8/h3-4,6,9,15H,2,5,7,14H2,1H3. The molecule has 16 heavy (non-hydrogen) atoms. The summed E-state index contributed by atoms with van der Waals surface area (Å²) < 4.78 is 13.5. The molecule has 0 saturated heterocycles. The Labute approximate surface area is 108 Å². The molecule has 3 N–H and O–H groups in total. The molecule has 1 atom stereocenters. The quantitative estimate of drug-likeness (QED) is 0.627. The third-order valence-corrected chi connectivity index (χ3v) is 3.88. The highest BCUT2D eigenvalue weighted by atomic mass is 79.9. The summed E-state index contributed by atoms with van der Waals surface area (Å²) in [7, 11) is 0. The maximum absolute atomic E-state index is 13.0. The van der Waals surface area contributed by atoms with E-state index in [1.165, 1.54) is 6.07 Å². The Bertz CT molecular complexity index is 336. The van der Waals surface area contributed by atoms with E-state index in [4.69, 9.17) is 5.84 Å². The van der Waals surface area contributed by atoms with Gasteiger partial charge in [0, 0.05) is 11.8 Å². The zero-order chi connectivity index (χ0) is 12.0. The van der Waals surface area contributed by atoms with Crippen LogP contribution in [0.1, 0.15) is 12.5 Å². The number of thioether (sulfide) groups is 1. The molecule has 0 aliphatic rings. The van der Waals surface area contributed by atoms with E-state index in [0.29, 0.717) is 4.47 Å². The third kappa shape index (κ3) is 4.41. The maximum atomic E-state index is 13.0. The van der Waals surface area contributed by atoms with E-state index in [-0.39, 0.29) is 11.9 Å². The Kier molecular flexibility index (Phi) is 6.34. The highest BCUT2D eigenvalue weighted by molar-refractivity contribution is 9.10. The Balaban J connectivity index is 2.59. The van der Waals surface area contributed by atoms with Crippen molar-refractivity contribution < 1.29 is 4.39 Å². The number of nitrogens with two attached hydrogens (primary N) is 1. The molecule has 0 amide bonds. The average molecular weight is 307 g/mol. The first-order valence-corrected chi connectivity index (χ1v) is 7.10. The van der Waals surface area contributed by atoms with Crippen LogP contribution in [0.15, 0.2) is 22.7 Å². The summed E-state index contributed by atoms with van der Waals surface area (Å²) in [6, 6.07) is 5.29. The first-order chi connectivity index (χ1) is 7.67. The van der Waals surface area contributed by atoms with Gasteiger partial charge in [0.1, 0.15) is 5.82 Å². The van der Waals surface area contributed by atoms with Crippen LogP contribution in [0.3, 0.4) is 0 Å². The summed E-state index contributed by atoms with van der Waals surface area (Å²) in [5.74, 6) is 7.28. The van der Waals surface area contributed by atoms with Crippen molar-refractivity contribution in [1.82, 2.24) is 5.43 Å². The van der Waals surface area contributed by atoms with E-state index in [0.717, 1.165) is 23.5 Å². The predicted octanol–water partition coefficient (Wildman–Crippen LogP) is 2.72. The molecule has 1 rings (SSSR count). The fourth-order valence-electron chi connectivity index (χ4n) is 1.38. The van der Waals surface area contributed by atoms with Crippen molar-refractivity contribution in [1.29, 1.82) is 0 Å². The number of benzene rings is 1.